The molecular formula is C16H25NOSi. The van der Waals surface area contributed by atoms with Gasteiger partial charge in [0.1, 0.15) is 0 Å². The van der Waals surface area contributed by atoms with E-state index in [4.69, 9.17) is 10.2 Å². The van der Waals surface area contributed by atoms with Gasteiger partial charge in [0.15, 0.2) is 8.32 Å². The number of hydrogen-bond donors (Lipinski definition) is 1. The molecule has 1 aromatic rings. The van der Waals surface area contributed by atoms with E-state index in [1.807, 2.05) is 24.3 Å². The number of nitrogens with two attached hydrogens (primary N) is 1. The molecule has 104 valence electrons. The second-order valence-corrected chi connectivity index (χ2v) is 11.1. The molecule has 0 atom stereocenters. The van der Waals surface area contributed by atoms with Gasteiger partial charge >= 0.3 is 0 Å². The number of hydrogen-bond acceptors (Lipinski definition) is 2. The summed E-state index contributed by atoms with van der Waals surface area (Å²) in [6, 6.07) is 7.84. The molecule has 1 aromatic carbocycles. The molecule has 0 aromatic heterocycles. The Morgan fingerprint density at radius 2 is 1.79 bits per heavy atom. The van der Waals surface area contributed by atoms with E-state index in [2.05, 4.69) is 45.7 Å². The number of nitrogen functional groups attached to an aromatic ring is 1. The maximum Gasteiger partial charge on any atom is 0.193 e. The minimum absolute atomic E-state index is 0.235. The first-order chi connectivity index (χ1) is 8.74. The Balaban J connectivity index is 2.48. The Morgan fingerprint density at radius 3 is 2.37 bits per heavy atom. The monoisotopic (exact) mass is 275 g/mol. The molecule has 0 saturated carbocycles. The van der Waals surface area contributed by atoms with Crippen molar-refractivity contribution in [1.29, 1.82) is 0 Å². The van der Waals surface area contributed by atoms with Crippen LogP contribution in [0.4, 0.5) is 5.69 Å². The fourth-order valence-corrected chi connectivity index (χ4v) is 2.20. The van der Waals surface area contributed by atoms with Crippen molar-refractivity contribution >= 4 is 14.0 Å². The predicted octanol–water partition coefficient (Wildman–Crippen LogP) is 3.84. The van der Waals surface area contributed by atoms with Crippen LogP contribution in [0, 0.1) is 11.8 Å². The normalized spacial score (nSPS) is 11.8. The highest BCUT2D eigenvalue weighted by atomic mass is 28.4. The fraction of sp³-hybridized carbons (Fsp3) is 0.500. The smallest absolute Gasteiger partial charge is 0.193 e. The van der Waals surface area contributed by atoms with Crippen LogP contribution in [0.2, 0.25) is 18.1 Å². The van der Waals surface area contributed by atoms with Gasteiger partial charge in [0.05, 0.1) is 6.61 Å². The molecule has 0 heterocycles. The van der Waals surface area contributed by atoms with Crippen molar-refractivity contribution in [1.82, 2.24) is 0 Å². The lowest BCUT2D eigenvalue weighted by atomic mass is 10.1. The van der Waals surface area contributed by atoms with Crippen LogP contribution >= 0.6 is 0 Å². The van der Waals surface area contributed by atoms with E-state index in [1.54, 1.807) is 0 Å². The van der Waals surface area contributed by atoms with Gasteiger partial charge in [0.25, 0.3) is 0 Å². The second-order valence-electron chi connectivity index (χ2n) is 6.28. The quantitative estimate of drug-likeness (QED) is 0.517. The molecule has 3 heteroatoms. The molecular weight excluding hydrogens is 250 g/mol. The second kappa shape index (κ2) is 6.27. The Kier molecular flexibility index (Phi) is 5.22. The van der Waals surface area contributed by atoms with E-state index in [9.17, 15) is 0 Å². The van der Waals surface area contributed by atoms with E-state index in [0.717, 1.165) is 11.3 Å². The molecule has 0 bridgehead atoms. The van der Waals surface area contributed by atoms with Crippen LogP contribution in [0.3, 0.4) is 0 Å². The molecule has 0 aliphatic heterocycles. The zero-order valence-electron chi connectivity index (χ0n) is 12.7. The first-order valence-corrected chi connectivity index (χ1v) is 9.58. The number of anilines is 1. The van der Waals surface area contributed by atoms with Gasteiger partial charge in [-0.1, -0.05) is 50.8 Å². The molecule has 2 nitrogen and oxygen atoms in total. The number of para-hydroxylation sites is 1. The number of rotatable bonds is 3. The maximum atomic E-state index is 6.00. The summed E-state index contributed by atoms with van der Waals surface area (Å²) in [6.07, 6.45) is 0.688. The topological polar surface area (TPSA) is 35.2 Å². The van der Waals surface area contributed by atoms with Crippen molar-refractivity contribution in [2.24, 2.45) is 0 Å². The van der Waals surface area contributed by atoms with Gasteiger partial charge in [0.2, 0.25) is 0 Å². The maximum absolute atomic E-state index is 6.00. The largest absolute Gasteiger partial charge is 0.406 e. The van der Waals surface area contributed by atoms with Crippen molar-refractivity contribution in [2.75, 3.05) is 12.3 Å². The van der Waals surface area contributed by atoms with E-state index < -0.39 is 8.32 Å². The van der Waals surface area contributed by atoms with E-state index in [-0.39, 0.29) is 5.04 Å². The van der Waals surface area contributed by atoms with Crippen molar-refractivity contribution in [2.45, 2.75) is 45.3 Å². The molecule has 2 N–H and O–H groups in total. The predicted molar refractivity (Wildman–Crippen MR) is 85.5 cm³/mol. The van der Waals surface area contributed by atoms with Gasteiger partial charge in [-0.25, -0.2) is 0 Å². The van der Waals surface area contributed by atoms with Crippen LogP contribution in [0.15, 0.2) is 24.3 Å². The molecule has 0 radical (unpaired) electrons. The highest BCUT2D eigenvalue weighted by molar-refractivity contribution is 6.74. The van der Waals surface area contributed by atoms with Gasteiger partial charge in [-0.05, 0) is 29.8 Å². The molecule has 0 unspecified atom stereocenters. The van der Waals surface area contributed by atoms with Crippen LogP contribution < -0.4 is 5.73 Å². The molecule has 1 rings (SSSR count). The highest BCUT2D eigenvalue weighted by Crippen LogP contribution is 2.36. The van der Waals surface area contributed by atoms with Crippen molar-refractivity contribution in [3.63, 3.8) is 0 Å². The summed E-state index contributed by atoms with van der Waals surface area (Å²) in [4.78, 5) is 0. The summed E-state index contributed by atoms with van der Waals surface area (Å²) in [7, 11) is -1.67. The summed E-state index contributed by atoms with van der Waals surface area (Å²) in [6.45, 7) is 11.7. The molecule has 19 heavy (non-hydrogen) atoms. The first kappa shape index (κ1) is 15.8. The standard InChI is InChI=1S/C16H25NOSi/c1-16(2,3)19(4,5)18-13-9-8-11-14-10-6-7-12-15(14)17/h6-7,10,12H,11,13,17H2,1-5H3. The molecule has 0 aliphatic rings. The summed E-state index contributed by atoms with van der Waals surface area (Å²) in [5.74, 6) is 6.23. The molecule has 0 fully saturated rings. The highest BCUT2D eigenvalue weighted by Gasteiger charge is 2.36. The third-order valence-corrected chi connectivity index (χ3v) is 8.25. The zero-order chi connectivity index (χ0) is 14.5. The average Bonchev–Trinajstić information content (AvgIpc) is 2.29. The van der Waals surface area contributed by atoms with E-state index in [0.29, 0.717) is 13.0 Å². The van der Waals surface area contributed by atoms with Crippen LogP contribution in [0.1, 0.15) is 26.3 Å². The third kappa shape index (κ3) is 4.74. The van der Waals surface area contributed by atoms with Gasteiger partial charge in [0, 0.05) is 12.1 Å². The Morgan fingerprint density at radius 1 is 1.16 bits per heavy atom. The molecule has 0 amide bonds. The summed E-state index contributed by atoms with van der Waals surface area (Å²) >= 11 is 0. The zero-order valence-corrected chi connectivity index (χ0v) is 13.7. The van der Waals surface area contributed by atoms with Gasteiger partial charge < -0.3 is 10.2 Å². The lowest BCUT2D eigenvalue weighted by molar-refractivity contribution is 0.334. The fourth-order valence-electron chi connectivity index (χ4n) is 1.34. The first-order valence-electron chi connectivity index (χ1n) is 6.67. The Hall–Kier alpha value is -1.24. The minimum Gasteiger partial charge on any atom is -0.406 e. The van der Waals surface area contributed by atoms with Crippen LogP contribution in [0.5, 0.6) is 0 Å². The van der Waals surface area contributed by atoms with Crippen LogP contribution in [-0.4, -0.2) is 14.9 Å². The van der Waals surface area contributed by atoms with Gasteiger partial charge in [-0.2, -0.15) is 0 Å². The minimum atomic E-state index is -1.67. The summed E-state index contributed by atoms with van der Waals surface area (Å²) in [5.41, 5.74) is 7.76. The average molecular weight is 275 g/mol. The molecule has 0 aliphatic carbocycles. The van der Waals surface area contributed by atoms with E-state index in [1.165, 1.54) is 0 Å². The third-order valence-electron chi connectivity index (χ3n) is 3.77. The Labute approximate surface area is 118 Å². The van der Waals surface area contributed by atoms with Gasteiger partial charge in [-0.15, -0.1) is 0 Å². The van der Waals surface area contributed by atoms with Crippen LogP contribution in [0.25, 0.3) is 0 Å². The van der Waals surface area contributed by atoms with Crippen molar-refractivity contribution in [3.8, 4) is 11.8 Å². The molecule has 0 spiro atoms. The van der Waals surface area contributed by atoms with E-state index >= 15 is 0 Å². The SMILES string of the molecule is CC(C)(C)[Si](C)(C)OCC#CCc1ccccc1N. The number of benzene rings is 1. The van der Waals surface area contributed by atoms with Crippen molar-refractivity contribution < 1.29 is 4.43 Å². The summed E-state index contributed by atoms with van der Waals surface area (Å²) in [5, 5.41) is 0.235. The molecule has 0 saturated heterocycles. The van der Waals surface area contributed by atoms with Crippen molar-refractivity contribution in [3.05, 3.63) is 29.8 Å². The van der Waals surface area contributed by atoms with Crippen LogP contribution in [-0.2, 0) is 10.8 Å². The lowest BCUT2D eigenvalue weighted by Crippen LogP contribution is -2.40. The van der Waals surface area contributed by atoms with Gasteiger partial charge in [-0.3, -0.25) is 0 Å². The Bertz CT molecular complexity index is 478. The summed E-state index contributed by atoms with van der Waals surface area (Å²) < 4.78 is 6.00. The lowest BCUT2D eigenvalue weighted by Gasteiger charge is -2.35.